The zero-order valence-electron chi connectivity index (χ0n) is 11.1. The number of benzene rings is 1. The van der Waals surface area contributed by atoms with Crippen molar-refractivity contribution < 1.29 is 22.7 Å². The summed E-state index contributed by atoms with van der Waals surface area (Å²) in [5, 5.41) is 0. The van der Waals surface area contributed by atoms with Crippen LogP contribution in [0.25, 0.3) is 0 Å². The zero-order chi connectivity index (χ0) is 14.3. The van der Waals surface area contributed by atoms with Gasteiger partial charge in [-0.15, -0.1) is 0 Å². The van der Waals surface area contributed by atoms with E-state index in [1.165, 1.54) is 6.07 Å². The fourth-order valence-corrected chi connectivity index (χ4v) is 2.30. The van der Waals surface area contributed by atoms with Gasteiger partial charge in [0.1, 0.15) is 6.61 Å². The third kappa shape index (κ3) is 6.35. The summed E-state index contributed by atoms with van der Waals surface area (Å²) in [6, 6.07) is 6.43. The molecule has 0 radical (unpaired) electrons. The largest absolute Gasteiger partial charge is 0.460 e. The average Bonchev–Trinajstić information content (AvgIpc) is 2.32. The Morgan fingerprint density at radius 2 is 2.00 bits per heavy atom. The van der Waals surface area contributed by atoms with Gasteiger partial charge in [-0.25, -0.2) is 13.2 Å². The van der Waals surface area contributed by atoms with E-state index in [9.17, 15) is 13.2 Å². The lowest BCUT2D eigenvalue weighted by atomic mass is 10.1. The van der Waals surface area contributed by atoms with E-state index in [0.717, 1.165) is 6.26 Å². The zero-order valence-corrected chi connectivity index (χ0v) is 11.9. The van der Waals surface area contributed by atoms with E-state index in [2.05, 4.69) is 0 Å². The van der Waals surface area contributed by atoms with E-state index in [1.807, 2.05) is 6.92 Å². The second-order valence-corrected chi connectivity index (χ2v) is 6.24. The van der Waals surface area contributed by atoms with Gasteiger partial charge in [-0.1, -0.05) is 12.1 Å². The Bertz CT molecular complexity index is 522. The van der Waals surface area contributed by atoms with Crippen LogP contribution in [0.2, 0.25) is 0 Å². The first-order chi connectivity index (χ1) is 8.92. The van der Waals surface area contributed by atoms with Gasteiger partial charge in [-0.2, -0.15) is 0 Å². The number of ether oxygens (including phenoxy) is 2. The second kappa shape index (κ2) is 7.25. The van der Waals surface area contributed by atoms with Gasteiger partial charge in [0.25, 0.3) is 0 Å². The van der Waals surface area contributed by atoms with Crippen molar-refractivity contribution in [2.24, 2.45) is 0 Å². The molecule has 1 rings (SSSR count). The molecule has 0 bridgehead atoms. The highest BCUT2D eigenvalue weighted by atomic mass is 32.2. The fraction of sp³-hybridized carbons (Fsp3) is 0.462. The van der Waals surface area contributed by atoms with Gasteiger partial charge in [0.2, 0.25) is 0 Å². The summed E-state index contributed by atoms with van der Waals surface area (Å²) in [5.41, 5.74) is 0.916. The number of hydrogen-bond donors (Lipinski definition) is 0. The molecule has 1 aromatic carbocycles. The molecule has 0 aliphatic rings. The Morgan fingerprint density at radius 1 is 1.26 bits per heavy atom. The summed E-state index contributed by atoms with van der Waals surface area (Å²) < 4.78 is 32.4. The molecule has 0 saturated carbocycles. The van der Waals surface area contributed by atoms with Gasteiger partial charge in [-0.05, 0) is 24.6 Å². The van der Waals surface area contributed by atoms with Gasteiger partial charge in [0, 0.05) is 12.9 Å². The minimum absolute atomic E-state index is 0.0902. The van der Waals surface area contributed by atoms with Crippen LogP contribution < -0.4 is 0 Å². The van der Waals surface area contributed by atoms with E-state index < -0.39 is 15.8 Å². The lowest BCUT2D eigenvalue weighted by Gasteiger charge is -2.06. The highest BCUT2D eigenvalue weighted by Crippen LogP contribution is 2.10. The molecule has 106 valence electrons. The van der Waals surface area contributed by atoms with Crippen molar-refractivity contribution in [3.05, 3.63) is 35.4 Å². The van der Waals surface area contributed by atoms with Crippen LogP contribution in [-0.2, 0) is 25.1 Å². The topological polar surface area (TPSA) is 69.7 Å². The van der Waals surface area contributed by atoms with Crippen LogP contribution in [-0.4, -0.2) is 40.5 Å². The Kier molecular flexibility index (Phi) is 5.98. The number of rotatable bonds is 7. The van der Waals surface area contributed by atoms with Gasteiger partial charge in [-0.3, -0.25) is 0 Å². The number of carbonyl (C=O) groups excluding carboxylic acids is 1. The molecule has 0 atom stereocenters. The van der Waals surface area contributed by atoms with E-state index >= 15 is 0 Å². The highest BCUT2D eigenvalue weighted by Gasteiger charge is 2.10. The summed E-state index contributed by atoms with van der Waals surface area (Å²) in [6.45, 7) is 2.96. The van der Waals surface area contributed by atoms with Crippen LogP contribution in [0.3, 0.4) is 0 Å². The van der Waals surface area contributed by atoms with Gasteiger partial charge in [0.05, 0.1) is 17.9 Å². The molecule has 0 spiro atoms. The standard InChI is InChI=1S/C13H18O5S/c1-3-17-7-8-18-13(14)12-6-4-5-11(9-12)10-19(2,15)16/h4-6,9H,3,7-8,10H2,1-2H3. The molecule has 19 heavy (non-hydrogen) atoms. The molecular formula is C13H18O5S. The quantitative estimate of drug-likeness (QED) is 0.560. The average molecular weight is 286 g/mol. The minimum atomic E-state index is -3.12. The first kappa shape index (κ1) is 15.7. The molecule has 0 unspecified atom stereocenters. The van der Waals surface area contributed by atoms with Crippen LogP contribution in [0.4, 0.5) is 0 Å². The number of carbonyl (C=O) groups is 1. The first-order valence-corrected chi connectivity index (χ1v) is 8.00. The van der Waals surface area contributed by atoms with Gasteiger partial charge in [0.15, 0.2) is 9.84 Å². The van der Waals surface area contributed by atoms with Crippen LogP contribution in [0, 0.1) is 0 Å². The van der Waals surface area contributed by atoms with Crippen molar-refractivity contribution in [3.63, 3.8) is 0 Å². The second-order valence-electron chi connectivity index (χ2n) is 4.10. The van der Waals surface area contributed by atoms with E-state index in [-0.39, 0.29) is 12.4 Å². The third-order valence-electron chi connectivity index (χ3n) is 2.26. The van der Waals surface area contributed by atoms with Crippen LogP contribution >= 0.6 is 0 Å². The normalized spacial score (nSPS) is 11.3. The predicted octanol–water partition coefficient (Wildman–Crippen LogP) is 1.42. The Labute approximate surface area is 113 Å². The maximum Gasteiger partial charge on any atom is 0.338 e. The Morgan fingerprint density at radius 3 is 2.63 bits per heavy atom. The molecule has 0 aromatic heterocycles. The number of esters is 1. The molecule has 6 heteroatoms. The van der Waals surface area contributed by atoms with Crippen LogP contribution in [0.5, 0.6) is 0 Å². The monoisotopic (exact) mass is 286 g/mol. The molecule has 0 aliphatic heterocycles. The third-order valence-corrected chi connectivity index (χ3v) is 3.11. The SMILES string of the molecule is CCOCCOC(=O)c1cccc(CS(C)(=O)=O)c1. The van der Waals surface area contributed by atoms with E-state index in [1.54, 1.807) is 18.2 Å². The number of hydrogen-bond acceptors (Lipinski definition) is 5. The maximum atomic E-state index is 11.7. The van der Waals surface area contributed by atoms with Crippen LogP contribution in [0.1, 0.15) is 22.8 Å². The molecule has 0 N–H and O–H groups in total. The van der Waals surface area contributed by atoms with Crippen molar-refractivity contribution in [3.8, 4) is 0 Å². The van der Waals surface area contributed by atoms with Gasteiger partial charge >= 0.3 is 5.97 Å². The van der Waals surface area contributed by atoms with Gasteiger partial charge < -0.3 is 9.47 Å². The summed E-state index contributed by atoms with van der Waals surface area (Å²) in [5.74, 6) is -0.567. The summed E-state index contributed by atoms with van der Waals surface area (Å²) >= 11 is 0. The van der Waals surface area contributed by atoms with Crippen LogP contribution in [0.15, 0.2) is 24.3 Å². The predicted molar refractivity (Wildman–Crippen MR) is 71.8 cm³/mol. The lowest BCUT2D eigenvalue weighted by Crippen LogP contribution is -2.11. The Hall–Kier alpha value is -1.40. The molecule has 0 aliphatic carbocycles. The van der Waals surface area contributed by atoms with Crippen molar-refractivity contribution in [1.29, 1.82) is 0 Å². The summed E-state index contributed by atoms with van der Waals surface area (Å²) in [7, 11) is -3.12. The van der Waals surface area contributed by atoms with E-state index in [0.29, 0.717) is 24.3 Å². The smallest absolute Gasteiger partial charge is 0.338 e. The first-order valence-electron chi connectivity index (χ1n) is 5.94. The lowest BCUT2D eigenvalue weighted by molar-refractivity contribution is 0.0335. The minimum Gasteiger partial charge on any atom is -0.460 e. The fourth-order valence-electron chi connectivity index (χ4n) is 1.51. The van der Waals surface area contributed by atoms with E-state index in [4.69, 9.17) is 9.47 Å². The summed E-state index contributed by atoms with van der Waals surface area (Å²) in [6.07, 6.45) is 1.15. The number of sulfone groups is 1. The maximum absolute atomic E-state index is 11.7. The molecule has 0 fully saturated rings. The molecule has 0 saturated heterocycles. The highest BCUT2D eigenvalue weighted by molar-refractivity contribution is 7.89. The van der Waals surface area contributed by atoms with Crippen molar-refractivity contribution in [2.45, 2.75) is 12.7 Å². The molecule has 1 aromatic rings. The van der Waals surface area contributed by atoms with Crippen molar-refractivity contribution >= 4 is 15.8 Å². The molecule has 0 amide bonds. The van der Waals surface area contributed by atoms with Crippen molar-refractivity contribution in [1.82, 2.24) is 0 Å². The Balaban J connectivity index is 2.63. The molecule has 5 nitrogen and oxygen atoms in total. The summed E-state index contributed by atoms with van der Waals surface area (Å²) in [4.78, 5) is 11.7. The van der Waals surface area contributed by atoms with Crippen molar-refractivity contribution in [2.75, 3.05) is 26.1 Å². The molecule has 0 heterocycles. The molecular weight excluding hydrogens is 268 g/mol.